The molecule has 81 heavy (non-hydrogen) atoms. The van der Waals surface area contributed by atoms with Crippen LogP contribution in [0.1, 0.15) is 327 Å². The summed E-state index contributed by atoms with van der Waals surface area (Å²) in [5, 5.41) is 0. The summed E-state index contributed by atoms with van der Waals surface area (Å²) in [6, 6.07) is 0. The molecular formula is C67H129NO13. The van der Waals surface area contributed by atoms with Crippen molar-refractivity contribution in [2.45, 2.75) is 333 Å². The van der Waals surface area contributed by atoms with Crippen molar-refractivity contribution in [3.05, 3.63) is 0 Å². The van der Waals surface area contributed by atoms with Gasteiger partial charge in [-0.1, -0.05) is 230 Å². The molecule has 0 saturated carbocycles. The third-order valence-corrected chi connectivity index (χ3v) is 14.1. The normalized spacial score (nSPS) is 11.5. The van der Waals surface area contributed by atoms with Gasteiger partial charge in [-0.25, -0.2) is 0 Å². The smallest absolute Gasteiger partial charge is 0.306 e. The summed E-state index contributed by atoms with van der Waals surface area (Å²) >= 11 is 0. The van der Waals surface area contributed by atoms with E-state index in [-0.39, 0.29) is 80.4 Å². The highest BCUT2D eigenvalue weighted by molar-refractivity contribution is 5.78. The third-order valence-electron chi connectivity index (χ3n) is 14.1. The number of amides is 1. The lowest BCUT2D eigenvalue weighted by atomic mass is 9.91. The first-order chi connectivity index (χ1) is 39.0. The molecule has 2 N–H and O–H groups in total. The molecule has 0 aromatic rings. The van der Waals surface area contributed by atoms with Crippen molar-refractivity contribution in [2.75, 3.05) is 33.0 Å². The average Bonchev–Trinajstić information content (AvgIpc) is 3.42. The number of carbonyl (C=O) groups is 7. The second-order valence-electron chi connectivity index (χ2n) is 22.3. The molecule has 0 heterocycles. The molecule has 0 bridgehead atoms. The van der Waals surface area contributed by atoms with Crippen LogP contribution in [-0.2, 0) is 62.0 Å². The first-order valence-electron chi connectivity index (χ1n) is 33.3. The summed E-state index contributed by atoms with van der Waals surface area (Å²) in [4.78, 5) is 83.5. The molecule has 0 fully saturated rings. The van der Waals surface area contributed by atoms with Crippen LogP contribution in [0.2, 0.25) is 0 Å². The number of rotatable bonds is 52. The van der Waals surface area contributed by atoms with E-state index in [0.29, 0.717) is 44.9 Å². The number of primary amides is 1. The summed E-state index contributed by atoms with van der Waals surface area (Å²) in [7, 11) is 0. The fraction of sp³-hybridized carbons (Fsp3) is 0.896. The molecule has 480 valence electrons. The summed E-state index contributed by atoms with van der Waals surface area (Å²) in [5.74, 6) is -2.69. The van der Waals surface area contributed by atoms with Crippen molar-refractivity contribution >= 4 is 41.7 Å². The van der Waals surface area contributed by atoms with Crippen molar-refractivity contribution in [3.63, 3.8) is 0 Å². The van der Waals surface area contributed by atoms with E-state index in [1.807, 2.05) is 13.8 Å². The van der Waals surface area contributed by atoms with Gasteiger partial charge >= 0.3 is 35.8 Å². The van der Waals surface area contributed by atoms with Gasteiger partial charge < -0.3 is 34.2 Å². The number of nitrogens with two attached hydrogens (primary N) is 1. The van der Waals surface area contributed by atoms with Crippen molar-refractivity contribution in [1.82, 2.24) is 0 Å². The summed E-state index contributed by atoms with van der Waals surface area (Å²) in [6.45, 7) is 26.8. The van der Waals surface area contributed by atoms with Crippen LogP contribution in [0.3, 0.4) is 0 Å². The van der Waals surface area contributed by atoms with Crippen LogP contribution >= 0.6 is 0 Å². The number of hydrogen-bond acceptors (Lipinski definition) is 13. The van der Waals surface area contributed by atoms with Crippen LogP contribution in [-0.4, -0.2) is 80.9 Å². The van der Waals surface area contributed by atoms with E-state index >= 15 is 0 Å². The van der Waals surface area contributed by atoms with Crippen molar-refractivity contribution in [1.29, 1.82) is 0 Å². The van der Waals surface area contributed by atoms with E-state index in [1.54, 1.807) is 0 Å². The van der Waals surface area contributed by atoms with Crippen LogP contribution in [0.15, 0.2) is 0 Å². The highest BCUT2D eigenvalue weighted by atomic mass is 16.6. The molecule has 2 atom stereocenters. The maximum Gasteiger partial charge on any atom is 0.306 e. The summed E-state index contributed by atoms with van der Waals surface area (Å²) < 4.78 is 32.0. The minimum absolute atomic E-state index is 0.0156. The zero-order chi connectivity index (χ0) is 61.6. The van der Waals surface area contributed by atoms with Crippen LogP contribution in [0, 0.1) is 23.7 Å². The Bertz CT molecular complexity index is 1390. The van der Waals surface area contributed by atoms with Crippen LogP contribution in [0.5, 0.6) is 0 Å². The van der Waals surface area contributed by atoms with E-state index in [0.717, 1.165) is 109 Å². The molecule has 0 aromatic heterocycles. The first kappa shape index (κ1) is 83.7. The van der Waals surface area contributed by atoms with Gasteiger partial charge in [-0.3, -0.25) is 33.6 Å². The van der Waals surface area contributed by atoms with Gasteiger partial charge in [0, 0.05) is 45.4 Å². The van der Waals surface area contributed by atoms with Crippen LogP contribution in [0.4, 0.5) is 0 Å². The number of unbranched alkanes of at least 4 members (excludes halogenated alkanes) is 23. The molecule has 0 saturated heterocycles. The summed E-state index contributed by atoms with van der Waals surface area (Å²) in [6.07, 6.45) is 35.9. The average molecular weight is 1160 g/mol. The maximum atomic E-state index is 12.7. The van der Waals surface area contributed by atoms with Crippen molar-refractivity contribution in [3.8, 4) is 0 Å². The molecule has 0 spiro atoms. The lowest BCUT2D eigenvalue weighted by Crippen LogP contribution is -2.23. The van der Waals surface area contributed by atoms with Gasteiger partial charge in [0.05, 0.1) is 33.0 Å². The molecular weight excluding hydrogens is 1030 g/mol. The largest absolute Gasteiger partial charge is 0.466 e. The Balaban J connectivity index is -0.000000605. The van der Waals surface area contributed by atoms with Crippen LogP contribution in [0.25, 0.3) is 0 Å². The highest BCUT2D eigenvalue weighted by Gasteiger charge is 2.25. The monoisotopic (exact) mass is 1160 g/mol. The van der Waals surface area contributed by atoms with Gasteiger partial charge in [-0.15, -0.1) is 0 Å². The minimum Gasteiger partial charge on any atom is -0.466 e. The highest BCUT2D eigenvalue weighted by Crippen LogP contribution is 2.22. The zero-order valence-corrected chi connectivity index (χ0v) is 54.7. The topological polar surface area (TPSA) is 201 Å². The quantitative estimate of drug-likeness (QED) is 0.0343. The Labute approximate surface area is 497 Å². The van der Waals surface area contributed by atoms with Gasteiger partial charge in [0.1, 0.15) is 6.10 Å². The number of esters is 6. The zero-order valence-electron chi connectivity index (χ0n) is 54.7. The SMILES string of the molecule is CC.CCCCCC(CC)OC(C)=O.CCCCCCCCOC(=O)CC(CC(=O)OCCCCCCCC)CC(=O)OCC(CCCC)C(C)C.CCCCCCCCOC(=O)CC(CC(N)=O)CC(=O)OCCCCCCCC. The minimum atomic E-state index is -0.526. The number of carbonyl (C=O) groups excluding carboxylic acids is 7. The van der Waals surface area contributed by atoms with Gasteiger partial charge in [-0.2, -0.15) is 0 Å². The maximum absolute atomic E-state index is 12.7. The molecule has 2 unspecified atom stereocenters. The standard InChI is InChI=1S/C32H60O6.C23H43NO5.C10H20O2.C2H6/c1-6-9-12-14-16-18-21-36-30(33)23-28(24-31(34)37-22-19-17-15-13-10-7-2)25-32(35)38-26-29(27(4)5)20-11-8-3;1-3-5-7-9-11-13-15-28-22(26)18-20(17-21(24)25)19-23(27)29-16-14-12-10-8-6-4-2;1-4-6-7-8-10(5-2)12-9(3)11;1-2/h27-29H,6-26H2,1-5H3;20H,3-19H2,1-2H3,(H2,24,25);10H,4-8H2,1-3H3;1-2H3. The fourth-order valence-corrected chi connectivity index (χ4v) is 8.94. The summed E-state index contributed by atoms with van der Waals surface area (Å²) in [5.41, 5.74) is 5.26. The van der Waals surface area contributed by atoms with Crippen molar-refractivity contribution in [2.24, 2.45) is 29.4 Å². The molecule has 1 amide bonds. The fourth-order valence-electron chi connectivity index (χ4n) is 8.94. The lowest BCUT2D eigenvalue weighted by Gasteiger charge is -2.21. The first-order valence-corrected chi connectivity index (χ1v) is 33.3. The second-order valence-corrected chi connectivity index (χ2v) is 22.3. The van der Waals surface area contributed by atoms with Gasteiger partial charge in [-0.05, 0) is 75.0 Å². The predicted molar refractivity (Wildman–Crippen MR) is 331 cm³/mol. The van der Waals surface area contributed by atoms with Crippen LogP contribution < -0.4 is 5.73 Å². The Morgan fingerprint density at radius 2 is 0.642 bits per heavy atom. The molecule has 14 nitrogen and oxygen atoms in total. The van der Waals surface area contributed by atoms with Gasteiger partial charge in [0.15, 0.2) is 0 Å². The molecule has 0 rings (SSSR count). The van der Waals surface area contributed by atoms with E-state index < -0.39 is 17.7 Å². The molecule has 0 aliphatic rings. The Hall–Kier alpha value is -3.71. The van der Waals surface area contributed by atoms with Gasteiger partial charge in [0.25, 0.3) is 0 Å². The van der Waals surface area contributed by atoms with E-state index in [1.165, 1.54) is 103 Å². The van der Waals surface area contributed by atoms with Gasteiger partial charge in [0.2, 0.25) is 5.91 Å². The molecule has 0 aliphatic heterocycles. The van der Waals surface area contributed by atoms with E-state index in [4.69, 9.17) is 34.2 Å². The second kappa shape index (κ2) is 65.4. The van der Waals surface area contributed by atoms with E-state index in [2.05, 4.69) is 62.3 Å². The number of ether oxygens (including phenoxy) is 6. The van der Waals surface area contributed by atoms with Crippen molar-refractivity contribution < 1.29 is 62.0 Å². The Morgan fingerprint density at radius 3 is 0.926 bits per heavy atom. The third kappa shape index (κ3) is 65.3. The number of hydrogen-bond donors (Lipinski definition) is 1. The lowest BCUT2D eigenvalue weighted by molar-refractivity contribution is -0.152. The molecule has 0 radical (unpaired) electrons. The molecule has 0 aliphatic carbocycles. The molecule has 14 heteroatoms. The van der Waals surface area contributed by atoms with E-state index in [9.17, 15) is 33.6 Å². The Morgan fingerprint density at radius 1 is 0.358 bits per heavy atom. The predicted octanol–water partition coefficient (Wildman–Crippen LogP) is 17.6. The Kier molecular flexibility index (Phi) is 67.7. The molecule has 0 aromatic carbocycles.